The maximum atomic E-state index is 12.8. The molecule has 1 aliphatic heterocycles. The van der Waals surface area contributed by atoms with Gasteiger partial charge in [-0.05, 0) is 41.1 Å². The summed E-state index contributed by atoms with van der Waals surface area (Å²) in [5.74, 6) is 0.502. The molecule has 1 aromatic carbocycles. The fraction of sp³-hybridized carbons (Fsp3) is 0.136. The summed E-state index contributed by atoms with van der Waals surface area (Å²) >= 11 is 4.42. The number of nitrogens with zero attached hydrogens (tertiary/aromatic N) is 4. The zero-order chi connectivity index (χ0) is 22.1. The average molecular weight is 481 g/mol. The van der Waals surface area contributed by atoms with Crippen LogP contribution in [-0.2, 0) is 4.79 Å². The van der Waals surface area contributed by atoms with Crippen molar-refractivity contribution in [2.24, 2.45) is 0 Å². The number of anilines is 1. The van der Waals surface area contributed by atoms with Crippen LogP contribution in [0.1, 0.15) is 10.4 Å². The monoisotopic (exact) mass is 480 g/mol. The number of rotatable bonds is 6. The maximum Gasteiger partial charge on any atom is 0.264 e. The molecule has 32 heavy (non-hydrogen) atoms. The van der Waals surface area contributed by atoms with Crippen LogP contribution < -0.4 is 9.64 Å². The van der Waals surface area contributed by atoms with Gasteiger partial charge in [-0.15, -0.1) is 10.2 Å². The van der Waals surface area contributed by atoms with Gasteiger partial charge in [0.1, 0.15) is 17.1 Å². The van der Waals surface area contributed by atoms with Crippen LogP contribution in [0.5, 0.6) is 5.75 Å². The Morgan fingerprint density at radius 2 is 1.84 bits per heavy atom. The Morgan fingerprint density at radius 1 is 1.09 bits per heavy atom. The Bertz CT molecular complexity index is 1290. The molecule has 1 aliphatic rings. The zero-order valence-corrected chi connectivity index (χ0v) is 19.3. The number of thiophene rings is 2. The number of ether oxygens (including phenoxy) is 1. The molecule has 3 aromatic heterocycles. The first kappa shape index (κ1) is 20.8. The number of Topliss-reactive ketones (excluding diaryl/α,β-unsaturated/α-hetero) is 1. The van der Waals surface area contributed by atoms with E-state index in [9.17, 15) is 9.59 Å². The first-order valence-corrected chi connectivity index (χ1v) is 12.5. The lowest BCUT2D eigenvalue weighted by Gasteiger charge is -2.26. The highest BCUT2D eigenvalue weighted by molar-refractivity contribution is 7.99. The molecule has 0 aliphatic carbocycles. The molecule has 0 saturated heterocycles. The molecule has 5 rings (SSSR count). The molecule has 0 spiro atoms. The molecule has 1 amide bonds. The van der Waals surface area contributed by atoms with Gasteiger partial charge < -0.3 is 9.64 Å². The second-order valence-electron chi connectivity index (χ2n) is 6.95. The van der Waals surface area contributed by atoms with Crippen molar-refractivity contribution in [3.8, 4) is 28.3 Å². The van der Waals surface area contributed by atoms with Gasteiger partial charge in [0.25, 0.3) is 5.91 Å². The molecule has 0 radical (unpaired) electrons. The molecule has 0 unspecified atom stereocenters. The standard InChI is InChI=1S/C22H16N4O3S3/c1-26-16-8-13(2-3-18(16)29-9-19(26)28)17(27)12-32-22-23-20(14-4-6-30-10-14)21(24-25-22)15-5-7-31-11-15/h2-8,10-11H,9,12H2,1H3. The first-order chi connectivity index (χ1) is 15.6. The van der Waals surface area contributed by atoms with Crippen molar-refractivity contribution in [2.75, 3.05) is 24.3 Å². The Labute approximate surface area is 196 Å². The lowest BCUT2D eigenvalue weighted by Crippen LogP contribution is -2.35. The number of hydrogen-bond donors (Lipinski definition) is 0. The van der Waals surface area contributed by atoms with E-state index >= 15 is 0 Å². The van der Waals surface area contributed by atoms with Gasteiger partial charge in [0, 0.05) is 34.5 Å². The molecular weight excluding hydrogens is 464 g/mol. The third-order valence-electron chi connectivity index (χ3n) is 4.96. The Morgan fingerprint density at radius 3 is 2.56 bits per heavy atom. The van der Waals surface area contributed by atoms with Crippen molar-refractivity contribution in [3.05, 3.63) is 57.4 Å². The maximum absolute atomic E-state index is 12.8. The van der Waals surface area contributed by atoms with Gasteiger partial charge in [-0.3, -0.25) is 9.59 Å². The number of carbonyl (C=O) groups excluding carboxylic acids is 2. The highest BCUT2D eigenvalue weighted by Gasteiger charge is 2.23. The molecule has 0 atom stereocenters. The van der Waals surface area contributed by atoms with E-state index in [2.05, 4.69) is 10.2 Å². The molecule has 10 heteroatoms. The summed E-state index contributed by atoms with van der Waals surface area (Å²) in [6, 6.07) is 9.10. The van der Waals surface area contributed by atoms with Crippen LogP contribution in [0.25, 0.3) is 22.5 Å². The van der Waals surface area contributed by atoms with Gasteiger partial charge in [0.15, 0.2) is 12.4 Å². The van der Waals surface area contributed by atoms with E-state index in [4.69, 9.17) is 9.72 Å². The molecule has 0 saturated carbocycles. The normalized spacial score (nSPS) is 13.0. The molecule has 7 nitrogen and oxygen atoms in total. The quantitative estimate of drug-likeness (QED) is 0.293. The Hall–Kier alpha value is -3.08. The summed E-state index contributed by atoms with van der Waals surface area (Å²) in [5, 5.41) is 17.1. The van der Waals surface area contributed by atoms with Crippen LogP contribution in [0.15, 0.2) is 57.0 Å². The average Bonchev–Trinajstić information content (AvgIpc) is 3.54. The number of amides is 1. The lowest BCUT2D eigenvalue weighted by molar-refractivity contribution is -0.120. The summed E-state index contributed by atoms with van der Waals surface area (Å²) in [6.07, 6.45) is 0. The molecule has 4 aromatic rings. The van der Waals surface area contributed by atoms with E-state index in [1.54, 1.807) is 47.9 Å². The van der Waals surface area contributed by atoms with Crippen LogP contribution in [0.3, 0.4) is 0 Å². The fourth-order valence-corrected chi connectivity index (χ4v) is 5.19. The van der Waals surface area contributed by atoms with E-state index in [1.807, 2.05) is 33.7 Å². The van der Waals surface area contributed by atoms with E-state index in [0.29, 0.717) is 22.2 Å². The van der Waals surface area contributed by atoms with Crippen molar-refractivity contribution in [1.82, 2.24) is 15.2 Å². The summed E-state index contributed by atoms with van der Waals surface area (Å²) in [7, 11) is 1.67. The fourth-order valence-electron chi connectivity index (χ4n) is 3.23. The minimum atomic E-state index is -0.150. The predicted molar refractivity (Wildman–Crippen MR) is 127 cm³/mol. The smallest absolute Gasteiger partial charge is 0.264 e. The highest BCUT2D eigenvalue weighted by Crippen LogP contribution is 2.34. The summed E-state index contributed by atoms with van der Waals surface area (Å²) < 4.78 is 5.43. The molecule has 0 N–H and O–H groups in total. The van der Waals surface area contributed by atoms with Crippen molar-refractivity contribution in [1.29, 1.82) is 0 Å². The van der Waals surface area contributed by atoms with Crippen molar-refractivity contribution < 1.29 is 14.3 Å². The van der Waals surface area contributed by atoms with Gasteiger partial charge in [-0.2, -0.15) is 22.7 Å². The summed E-state index contributed by atoms with van der Waals surface area (Å²) in [6.45, 7) is 0.00479. The number of thioether (sulfide) groups is 1. The van der Waals surface area contributed by atoms with E-state index < -0.39 is 0 Å². The minimum Gasteiger partial charge on any atom is -0.482 e. The molecule has 0 fully saturated rings. The van der Waals surface area contributed by atoms with Gasteiger partial charge in [0.2, 0.25) is 5.16 Å². The van der Waals surface area contributed by atoms with Gasteiger partial charge in [-0.1, -0.05) is 11.8 Å². The Balaban J connectivity index is 1.37. The predicted octanol–water partition coefficient (Wildman–Crippen LogP) is 4.66. The second kappa shape index (κ2) is 8.81. The zero-order valence-electron chi connectivity index (χ0n) is 16.8. The Kier molecular flexibility index (Phi) is 5.73. The van der Waals surface area contributed by atoms with Gasteiger partial charge >= 0.3 is 0 Å². The third kappa shape index (κ3) is 4.04. The highest BCUT2D eigenvalue weighted by atomic mass is 32.2. The van der Waals surface area contributed by atoms with E-state index in [-0.39, 0.29) is 24.1 Å². The number of likely N-dealkylation sites (N-methyl/N-ethyl adjacent to an activating group) is 1. The second-order valence-corrected chi connectivity index (χ2v) is 9.45. The van der Waals surface area contributed by atoms with Crippen LogP contribution >= 0.6 is 34.4 Å². The van der Waals surface area contributed by atoms with Crippen molar-refractivity contribution in [2.45, 2.75) is 5.16 Å². The van der Waals surface area contributed by atoms with Crippen LogP contribution in [-0.4, -0.2) is 46.3 Å². The molecule has 0 bridgehead atoms. The molecular formula is C22H16N4O3S3. The van der Waals surface area contributed by atoms with Gasteiger partial charge in [0.05, 0.1) is 11.4 Å². The SMILES string of the molecule is CN1C(=O)COc2ccc(C(=O)CSc3nnc(-c4ccsc4)c(-c4ccsc4)n3)cc21. The van der Waals surface area contributed by atoms with E-state index in [0.717, 1.165) is 22.5 Å². The van der Waals surface area contributed by atoms with Crippen molar-refractivity contribution >= 4 is 51.8 Å². The lowest BCUT2D eigenvalue weighted by atomic mass is 10.1. The number of ketones is 1. The third-order valence-corrected chi connectivity index (χ3v) is 7.16. The number of fused-ring (bicyclic) bond motifs is 1. The summed E-state index contributed by atoms with van der Waals surface area (Å²) in [5.41, 5.74) is 4.51. The number of hydrogen-bond acceptors (Lipinski definition) is 9. The van der Waals surface area contributed by atoms with Crippen LogP contribution in [0.2, 0.25) is 0 Å². The molecule has 160 valence electrons. The molecule has 4 heterocycles. The summed E-state index contributed by atoms with van der Waals surface area (Å²) in [4.78, 5) is 30.9. The number of carbonyl (C=O) groups is 2. The van der Waals surface area contributed by atoms with Gasteiger partial charge in [-0.25, -0.2) is 4.98 Å². The van der Waals surface area contributed by atoms with E-state index in [1.165, 1.54) is 16.7 Å². The number of aromatic nitrogens is 3. The van der Waals surface area contributed by atoms with Crippen LogP contribution in [0.4, 0.5) is 5.69 Å². The van der Waals surface area contributed by atoms with Crippen molar-refractivity contribution in [3.63, 3.8) is 0 Å². The minimum absolute atomic E-state index is 0.00479. The first-order valence-electron chi connectivity index (χ1n) is 9.59. The topological polar surface area (TPSA) is 85.3 Å². The van der Waals surface area contributed by atoms with Crippen LogP contribution in [0, 0.1) is 0 Å². The number of benzene rings is 1. The largest absolute Gasteiger partial charge is 0.482 e.